The van der Waals surface area contributed by atoms with Crippen LogP contribution in [0, 0.1) is 13.8 Å². The minimum Gasteiger partial charge on any atom is -0.315 e. The van der Waals surface area contributed by atoms with Crippen LogP contribution in [0.4, 0.5) is 0 Å². The standard InChI is InChI=1S/C12H21N3S/c1-9-10(2)16-12(14-9)8-15(3)11-5-4-6-13-7-11/h11,13H,4-8H2,1-3H3. The minimum absolute atomic E-state index is 0.679. The Kier molecular flexibility index (Phi) is 3.95. The van der Waals surface area contributed by atoms with Crippen molar-refractivity contribution in [2.75, 3.05) is 20.1 Å². The van der Waals surface area contributed by atoms with Gasteiger partial charge in [-0.25, -0.2) is 4.98 Å². The number of aromatic nitrogens is 1. The fraction of sp³-hybridized carbons (Fsp3) is 0.750. The van der Waals surface area contributed by atoms with Gasteiger partial charge >= 0.3 is 0 Å². The average Bonchev–Trinajstić information content (AvgIpc) is 2.59. The largest absolute Gasteiger partial charge is 0.315 e. The monoisotopic (exact) mass is 239 g/mol. The molecule has 0 radical (unpaired) electrons. The van der Waals surface area contributed by atoms with Crippen LogP contribution < -0.4 is 5.32 Å². The molecule has 1 fully saturated rings. The maximum atomic E-state index is 4.60. The second kappa shape index (κ2) is 5.25. The molecule has 0 bridgehead atoms. The topological polar surface area (TPSA) is 28.2 Å². The Morgan fingerprint density at radius 3 is 2.88 bits per heavy atom. The van der Waals surface area contributed by atoms with Gasteiger partial charge in [0.05, 0.1) is 12.2 Å². The summed E-state index contributed by atoms with van der Waals surface area (Å²) in [6.45, 7) is 7.54. The number of rotatable bonds is 3. The fourth-order valence-electron chi connectivity index (χ4n) is 2.16. The number of thiazole rings is 1. The van der Waals surface area contributed by atoms with Crippen molar-refractivity contribution in [2.45, 2.75) is 39.3 Å². The minimum atomic E-state index is 0.679. The highest BCUT2D eigenvalue weighted by Crippen LogP contribution is 2.19. The van der Waals surface area contributed by atoms with E-state index < -0.39 is 0 Å². The quantitative estimate of drug-likeness (QED) is 0.874. The van der Waals surface area contributed by atoms with E-state index >= 15 is 0 Å². The molecule has 1 saturated heterocycles. The molecule has 4 heteroatoms. The van der Waals surface area contributed by atoms with E-state index in [9.17, 15) is 0 Å². The van der Waals surface area contributed by atoms with E-state index in [0.717, 1.165) is 13.1 Å². The van der Waals surface area contributed by atoms with Crippen LogP contribution in [0.25, 0.3) is 0 Å². The zero-order valence-corrected chi connectivity index (χ0v) is 11.2. The van der Waals surface area contributed by atoms with Gasteiger partial charge in [-0.05, 0) is 40.3 Å². The Hall–Kier alpha value is -0.450. The first-order chi connectivity index (χ1) is 7.66. The second-order valence-corrected chi connectivity index (χ2v) is 5.95. The van der Waals surface area contributed by atoms with Crippen LogP contribution in [0.5, 0.6) is 0 Å². The van der Waals surface area contributed by atoms with Crippen LogP contribution in [0.3, 0.4) is 0 Å². The lowest BCUT2D eigenvalue weighted by Crippen LogP contribution is -2.43. The Morgan fingerprint density at radius 1 is 1.50 bits per heavy atom. The molecule has 1 unspecified atom stereocenters. The van der Waals surface area contributed by atoms with Crippen molar-refractivity contribution in [1.82, 2.24) is 15.2 Å². The van der Waals surface area contributed by atoms with E-state index in [0.29, 0.717) is 6.04 Å². The highest BCUT2D eigenvalue weighted by Gasteiger charge is 2.18. The summed E-state index contributed by atoms with van der Waals surface area (Å²) in [5.41, 5.74) is 1.19. The van der Waals surface area contributed by atoms with E-state index in [1.165, 1.54) is 35.0 Å². The number of piperidine rings is 1. The van der Waals surface area contributed by atoms with Crippen LogP contribution in [-0.4, -0.2) is 36.1 Å². The molecule has 0 amide bonds. The molecule has 0 aromatic carbocycles. The molecule has 1 aliphatic heterocycles. The van der Waals surface area contributed by atoms with Crippen molar-refractivity contribution in [1.29, 1.82) is 0 Å². The highest BCUT2D eigenvalue weighted by atomic mass is 32.1. The van der Waals surface area contributed by atoms with Gasteiger partial charge in [0.1, 0.15) is 5.01 Å². The summed E-state index contributed by atoms with van der Waals surface area (Å²) < 4.78 is 0. The summed E-state index contributed by atoms with van der Waals surface area (Å²) in [5.74, 6) is 0. The van der Waals surface area contributed by atoms with Gasteiger partial charge in [-0.1, -0.05) is 0 Å². The second-order valence-electron chi connectivity index (χ2n) is 4.66. The number of hydrogen-bond acceptors (Lipinski definition) is 4. The van der Waals surface area contributed by atoms with Crippen molar-refractivity contribution in [3.8, 4) is 0 Å². The van der Waals surface area contributed by atoms with Crippen molar-refractivity contribution in [2.24, 2.45) is 0 Å². The zero-order chi connectivity index (χ0) is 11.5. The molecule has 90 valence electrons. The SMILES string of the molecule is Cc1nc(CN(C)C2CCCNC2)sc1C. The van der Waals surface area contributed by atoms with Crippen LogP contribution >= 0.6 is 11.3 Å². The van der Waals surface area contributed by atoms with Gasteiger partial charge in [0.15, 0.2) is 0 Å². The third-order valence-corrected chi connectivity index (χ3v) is 4.41. The van der Waals surface area contributed by atoms with Gasteiger partial charge in [-0.3, -0.25) is 4.90 Å². The lowest BCUT2D eigenvalue weighted by atomic mass is 10.1. The van der Waals surface area contributed by atoms with E-state index in [-0.39, 0.29) is 0 Å². The summed E-state index contributed by atoms with van der Waals surface area (Å²) >= 11 is 1.83. The lowest BCUT2D eigenvalue weighted by molar-refractivity contribution is 0.195. The molecule has 1 atom stereocenters. The Labute approximate surface area is 102 Å². The van der Waals surface area contributed by atoms with E-state index in [1.807, 2.05) is 11.3 Å². The molecular weight excluding hydrogens is 218 g/mol. The summed E-state index contributed by atoms with van der Waals surface area (Å²) in [6, 6.07) is 0.679. The van der Waals surface area contributed by atoms with E-state index in [1.54, 1.807) is 0 Å². The molecule has 0 saturated carbocycles. The van der Waals surface area contributed by atoms with Gasteiger partial charge in [-0.2, -0.15) is 0 Å². The molecule has 1 aliphatic rings. The molecule has 0 spiro atoms. The van der Waals surface area contributed by atoms with Crippen molar-refractivity contribution in [3.05, 3.63) is 15.6 Å². The number of hydrogen-bond donors (Lipinski definition) is 1. The molecule has 1 N–H and O–H groups in total. The molecular formula is C12H21N3S. The predicted octanol–water partition coefficient (Wildman–Crippen LogP) is 1.94. The third-order valence-electron chi connectivity index (χ3n) is 3.35. The first kappa shape index (κ1) is 12.0. The first-order valence-corrected chi connectivity index (χ1v) is 6.82. The zero-order valence-electron chi connectivity index (χ0n) is 10.4. The number of likely N-dealkylation sites (N-methyl/N-ethyl adjacent to an activating group) is 1. The van der Waals surface area contributed by atoms with Gasteiger partial charge in [0.2, 0.25) is 0 Å². The molecule has 3 nitrogen and oxygen atoms in total. The number of aryl methyl sites for hydroxylation is 2. The fourth-order valence-corrected chi connectivity index (χ4v) is 3.16. The van der Waals surface area contributed by atoms with Crippen LogP contribution in [0.15, 0.2) is 0 Å². The summed E-state index contributed by atoms with van der Waals surface area (Å²) in [6.07, 6.45) is 2.61. The first-order valence-electron chi connectivity index (χ1n) is 6.00. The summed E-state index contributed by atoms with van der Waals surface area (Å²) in [5, 5.41) is 4.71. The van der Waals surface area contributed by atoms with Gasteiger partial charge in [0, 0.05) is 17.5 Å². The van der Waals surface area contributed by atoms with E-state index in [2.05, 4.69) is 36.1 Å². The van der Waals surface area contributed by atoms with Gasteiger partial charge in [-0.15, -0.1) is 11.3 Å². The molecule has 1 aromatic heterocycles. The molecule has 2 rings (SSSR count). The van der Waals surface area contributed by atoms with Gasteiger partial charge < -0.3 is 5.32 Å². The Bertz CT molecular complexity index is 323. The lowest BCUT2D eigenvalue weighted by Gasteiger charge is -2.31. The van der Waals surface area contributed by atoms with E-state index in [4.69, 9.17) is 0 Å². The average molecular weight is 239 g/mol. The number of nitrogens with one attached hydrogen (secondary N) is 1. The van der Waals surface area contributed by atoms with Crippen molar-refractivity contribution >= 4 is 11.3 Å². The molecule has 16 heavy (non-hydrogen) atoms. The normalized spacial score (nSPS) is 21.6. The third kappa shape index (κ3) is 2.81. The molecule has 0 aliphatic carbocycles. The molecule has 1 aromatic rings. The maximum absolute atomic E-state index is 4.60. The predicted molar refractivity (Wildman–Crippen MR) is 68.9 cm³/mol. The van der Waals surface area contributed by atoms with Crippen molar-refractivity contribution in [3.63, 3.8) is 0 Å². The highest BCUT2D eigenvalue weighted by molar-refractivity contribution is 7.11. The van der Waals surface area contributed by atoms with Crippen LogP contribution in [0.1, 0.15) is 28.4 Å². The van der Waals surface area contributed by atoms with Gasteiger partial charge in [0.25, 0.3) is 0 Å². The Morgan fingerprint density at radius 2 is 2.31 bits per heavy atom. The number of nitrogens with zero attached hydrogens (tertiary/aromatic N) is 2. The van der Waals surface area contributed by atoms with Crippen molar-refractivity contribution < 1.29 is 0 Å². The maximum Gasteiger partial charge on any atom is 0.107 e. The Balaban J connectivity index is 1.93. The van der Waals surface area contributed by atoms with Crippen LogP contribution in [0.2, 0.25) is 0 Å². The summed E-state index contributed by atoms with van der Waals surface area (Å²) in [7, 11) is 2.21. The summed E-state index contributed by atoms with van der Waals surface area (Å²) in [4.78, 5) is 8.39. The van der Waals surface area contributed by atoms with Crippen LogP contribution in [-0.2, 0) is 6.54 Å². The smallest absolute Gasteiger partial charge is 0.107 e. The molecule has 2 heterocycles.